The van der Waals surface area contributed by atoms with Gasteiger partial charge in [-0.1, -0.05) is 28.1 Å². The summed E-state index contributed by atoms with van der Waals surface area (Å²) in [7, 11) is 0. The molecule has 0 unspecified atom stereocenters. The Bertz CT molecular complexity index is 713. The lowest BCUT2D eigenvalue weighted by atomic mass is 10.1. The van der Waals surface area contributed by atoms with E-state index in [0.29, 0.717) is 10.6 Å². The zero-order chi connectivity index (χ0) is 17.0. The molecular formula is C16H17BrN2O3S. The number of rotatable bonds is 5. The van der Waals surface area contributed by atoms with Gasteiger partial charge in [0, 0.05) is 4.47 Å². The number of carbonyl (C=O) groups is 2. The zero-order valence-electron chi connectivity index (χ0n) is 13.1. The van der Waals surface area contributed by atoms with Crippen molar-refractivity contribution >= 4 is 39.1 Å². The van der Waals surface area contributed by atoms with Gasteiger partial charge in [-0.3, -0.25) is 4.79 Å². The third-order valence-electron chi connectivity index (χ3n) is 3.17. The highest BCUT2D eigenvalue weighted by molar-refractivity contribution is 9.10. The minimum absolute atomic E-state index is 0.165. The monoisotopic (exact) mass is 396 g/mol. The summed E-state index contributed by atoms with van der Waals surface area (Å²) in [5, 5.41) is 3.59. The van der Waals surface area contributed by atoms with Gasteiger partial charge in [-0.25, -0.2) is 9.78 Å². The molecule has 7 heteroatoms. The highest BCUT2D eigenvalue weighted by atomic mass is 79.9. The fraction of sp³-hybridized carbons (Fsp3) is 0.312. The van der Waals surface area contributed by atoms with Gasteiger partial charge in [0.2, 0.25) is 0 Å². The van der Waals surface area contributed by atoms with Crippen LogP contribution in [0.3, 0.4) is 0 Å². The molecule has 0 saturated carbocycles. The van der Waals surface area contributed by atoms with Gasteiger partial charge >= 0.3 is 5.97 Å². The molecule has 122 valence electrons. The van der Waals surface area contributed by atoms with Crippen molar-refractivity contribution in [2.24, 2.45) is 0 Å². The highest BCUT2D eigenvalue weighted by Crippen LogP contribution is 2.18. The Labute approximate surface area is 147 Å². The molecule has 0 radical (unpaired) electrons. The topological polar surface area (TPSA) is 68.3 Å². The summed E-state index contributed by atoms with van der Waals surface area (Å²) in [6.45, 7) is 5.13. The Hall–Kier alpha value is -1.73. The molecule has 0 saturated heterocycles. The molecule has 0 aliphatic rings. The smallest absolute Gasteiger partial charge is 0.350 e. The second-order valence-electron chi connectivity index (χ2n) is 5.06. The number of nitrogens with one attached hydrogen (secondary N) is 1. The van der Waals surface area contributed by atoms with E-state index in [1.807, 2.05) is 38.1 Å². The van der Waals surface area contributed by atoms with Crippen LogP contribution >= 0.6 is 27.3 Å². The van der Waals surface area contributed by atoms with E-state index < -0.39 is 5.97 Å². The van der Waals surface area contributed by atoms with Crippen LogP contribution in [0.25, 0.3) is 0 Å². The van der Waals surface area contributed by atoms with Crippen LogP contribution in [0.1, 0.15) is 38.9 Å². The summed E-state index contributed by atoms with van der Waals surface area (Å²) in [5.74, 6) is -0.854. The summed E-state index contributed by atoms with van der Waals surface area (Å²) >= 11 is 4.63. The van der Waals surface area contributed by atoms with Gasteiger partial charge in [0.1, 0.15) is 4.88 Å². The predicted molar refractivity (Wildman–Crippen MR) is 92.6 cm³/mol. The van der Waals surface area contributed by atoms with Crippen molar-refractivity contribution in [1.29, 1.82) is 0 Å². The second kappa shape index (κ2) is 7.70. The van der Waals surface area contributed by atoms with Crippen molar-refractivity contribution < 1.29 is 14.3 Å². The standard InChI is InChI=1S/C16H17BrN2O3S/c1-9(12-4-6-13(17)7-5-12)19-14(20)8-22-16(21)15-10(2)18-11(3)23-15/h4-7,9H,8H2,1-3H3,(H,19,20)/t9-/m0/s1. The van der Waals surface area contributed by atoms with Crippen molar-refractivity contribution in [2.45, 2.75) is 26.8 Å². The maximum absolute atomic E-state index is 11.9. The molecule has 1 heterocycles. The summed E-state index contributed by atoms with van der Waals surface area (Å²) < 4.78 is 6.03. The molecule has 0 spiro atoms. The Balaban J connectivity index is 1.86. The number of halogens is 1. The fourth-order valence-corrected chi connectivity index (χ4v) is 3.11. The van der Waals surface area contributed by atoms with Crippen LogP contribution in [0, 0.1) is 13.8 Å². The average Bonchev–Trinajstić information content (AvgIpc) is 2.84. The van der Waals surface area contributed by atoms with E-state index in [1.165, 1.54) is 11.3 Å². The van der Waals surface area contributed by atoms with Crippen molar-refractivity contribution in [3.05, 3.63) is 49.9 Å². The largest absolute Gasteiger partial charge is 0.451 e. The summed E-state index contributed by atoms with van der Waals surface area (Å²) in [5.41, 5.74) is 1.60. The van der Waals surface area contributed by atoms with Gasteiger partial charge in [0.25, 0.3) is 5.91 Å². The maximum atomic E-state index is 11.9. The van der Waals surface area contributed by atoms with Crippen molar-refractivity contribution in [2.75, 3.05) is 6.61 Å². The minimum atomic E-state index is -0.514. The summed E-state index contributed by atoms with van der Waals surface area (Å²) in [6, 6.07) is 7.50. The normalized spacial score (nSPS) is 11.8. The Kier molecular flexibility index (Phi) is 5.90. The van der Waals surface area contributed by atoms with Crippen LogP contribution in [-0.4, -0.2) is 23.5 Å². The van der Waals surface area contributed by atoms with Gasteiger partial charge in [-0.2, -0.15) is 0 Å². The molecule has 1 N–H and O–H groups in total. The van der Waals surface area contributed by atoms with Gasteiger partial charge in [0.15, 0.2) is 6.61 Å². The SMILES string of the molecule is Cc1nc(C)c(C(=O)OCC(=O)N[C@@H](C)c2ccc(Br)cc2)s1. The van der Waals surface area contributed by atoms with Gasteiger partial charge in [-0.15, -0.1) is 11.3 Å². The van der Waals surface area contributed by atoms with Gasteiger partial charge < -0.3 is 10.1 Å². The molecule has 1 aromatic heterocycles. The van der Waals surface area contributed by atoms with E-state index in [9.17, 15) is 9.59 Å². The van der Waals surface area contributed by atoms with E-state index in [4.69, 9.17) is 4.74 Å². The van der Waals surface area contributed by atoms with E-state index >= 15 is 0 Å². The molecule has 23 heavy (non-hydrogen) atoms. The maximum Gasteiger partial charge on any atom is 0.350 e. The number of aromatic nitrogens is 1. The number of thiazole rings is 1. The fourth-order valence-electron chi connectivity index (χ4n) is 2.04. The lowest BCUT2D eigenvalue weighted by Gasteiger charge is -2.14. The molecule has 2 rings (SSSR count). The summed E-state index contributed by atoms with van der Waals surface area (Å²) in [4.78, 5) is 28.5. The van der Waals surface area contributed by atoms with Crippen LogP contribution in [0.15, 0.2) is 28.7 Å². The molecule has 0 aliphatic carbocycles. The van der Waals surface area contributed by atoms with Crippen LogP contribution in [-0.2, 0) is 9.53 Å². The second-order valence-corrected chi connectivity index (χ2v) is 7.18. The number of aryl methyl sites for hydroxylation is 2. The number of hydrogen-bond acceptors (Lipinski definition) is 5. The Morgan fingerprint density at radius 1 is 1.30 bits per heavy atom. The predicted octanol–water partition coefficient (Wildman–Crippen LogP) is 3.56. The third-order valence-corrected chi connectivity index (χ3v) is 4.75. The van der Waals surface area contributed by atoms with Crippen molar-refractivity contribution in [3.63, 3.8) is 0 Å². The number of esters is 1. The minimum Gasteiger partial charge on any atom is -0.451 e. The van der Waals surface area contributed by atoms with Crippen LogP contribution in [0.2, 0.25) is 0 Å². The van der Waals surface area contributed by atoms with Crippen molar-refractivity contribution in [3.8, 4) is 0 Å². The Morgan fingerprint density at radius 2 is 1.96 bits per heavy atom. The molecule has 1 amide bonds. The van der Waals surface area contributed by atoms with E-state index in [2.05, 4.69) is 26.2 Å². The first-order valence-electron chi connectivity index (χ1n) is 7.03. The zero-order valence-corrected chi connectivity index (χ0v) is 15.5. The number of ether oxygens (including phenoxy) is 1. The van der Waals surface area contributed by atoms with E-state index in [-0.39, 0.29) is 18.6 Å². The first-order chi connectivity index (χ1) is 10.9. The van der Waals surface area contributed by atoms with Crippen LogP contribution in [0.5, 0.6) is 0 Å². The number of amides is 1. The summed E-state index contributed by atoms with van der Waals surface area (Å²) in [6.07, 6.45) is 0. The van der Waals surface area contributed by atoms with Crippen LogP contribution in [0.4, 0.5) is 0 Å². The first-order valence-corrected chi connectivity index (χ1v) is 8.63. The van der Waals surface area contributed by atoms with E-state index in [1.54, 1.807) is 6.92 Å². The molecule has 1 aromatic carbocycles. The quantitative estimate of drug-likeness (QED) is 0.784. The van der Waals surface area contributed by atoms with E-state index in [0.717, 1.165) is 15.0 Å². The van der Waals surface area contributed by atoms with Crippen LogP contribution < -0.4 is 5.32 Å². The number of nitrogens with zero attached hydrogens (tertiary/aromatic N) is 1. The van der Waals surface area contributed by atoms with Gasteiger partial charge in [-0.05, 0) is 38.5 Å². The van der Waals surface area contributed by atoms with Crippen molar-refractivity contribution in [1.82, 2.24) is 10.3 Å². The lowest BCUT2D eigenvalue weighted by Crippen LogP contribution is -2.31. The molecule has 5 nitrogen and oxygen atoms in total. The molecule has 0 fully saturated rings. The lowest BCUT2D eigenvalue weighted by molar-refractivity contribution is -0.124. The molecule has 1 atom stereocenters. The molecular weight excluding hydrogens is 380 g/mol. The Morgan fingerprint density at radius 3 is 2.52 bits per heavy atom. The first kappa shape index (κ1) is 17.6. The number of hydrogen-bond donors (Lipinski definition) is 1. The molecule has 0 aliphatic heterocycles. The average molecular weight is 397 g/mol. The number of carbonyl (C=O) groups excluding carboxylic acids is 2. The third kappa shape index (κ3) is 4.87. The number of benzene rings is 1. The molecule has 2 aromatic rings. The highest BCUT2D eigenvalue weighted by Gasteiger charge is 2.17. The molecule has 0 bridgehead atoms. The van der Waals surface area contributed by atoms with Gasteiger partial charge in [0.05, 0.1) is 16.7 Å².